The van der Waals surface area contributed by atoms with Gasteiger partial charge in [0, 0.05) is 24.8 Å². The van der Waals surface area contributed by atoms with Crippen molar-refractivity contribution in [3.05, 3.63) is 29.1 Å². The molecule has 1 aliphatic carbocycles. The van der Waals surface area contributed by atoms with E-state index in [4.69, 9.17) is 0 Å². The van der Waals surface area contributed by atoms with E-state index < -0.39 is 0 Å². The van der Waals surface area contributed by atoms with Gasteiger partial charge in [-0.15, -0.1) is 0 Å². The molecule has 0 unspecified atom stereocenters. The molecule has 0 saturated carbocycles. The minimum absolute atomic E-state index is 0.126. The number of likely N-dealkylation sites (tertiary alicyclic amines) is 1. The first kappa shape index (κ1) is 18.4. The van der Waals surface area contributed by atoms with Crippen LogP contribution in [-0.4, -0.2) is 57.6 Å². The van der Waals surface area contributed by atoms with E-state index >= 15 is 0 Å². The van der Waals surface area contributed by atoms with Crippen molar-refractivity contribution in [3.63, 3.8) is 0 Å². The van der Waals surface area contributed by atoms with Crippen molar-refractivity contribution in [2.75, 3.05) is 19.6 Å². The molecule has 3 saturated heterocycles. The molecule has 28 heavy (non-hydrogen) atoms. The van der Waals surface area contributed by atoms with Crippen LogP contribution >= 0.6 is 0 Å². The molecule has 2 bridgehead atoms. The van der Waals surface area contributed by atoms with Crippen molar-refractivity contribution < 1.29 is 4.79 Å². The Balaban J connectivity index is 1.40. The first-order valence-corrected chi connectivity index (χ1v) is 11.4. The minimum Gasteiger partial charge on any atom is -0.330 e. The molecule has 5 heteroatoms. The van der Waals surface area contributed by atoms with Crippen molar-refractivity contribution in [2.45, 2.75) is 70.9 Å². The Kier molecular flexibility index (Phi) is 4.82. The number of fused-ring (bicyclic) bond motifs is 6. The van der Waals surface area contributed by atoms with E-state index in [1.165, 1.54) is 45.2 Å². The lowest BCUT2D eigenvalue weighted by Gasteiger charge is -2.54. The lowest BCUT2D eigenvalue weighted by Crippen LogP contribution is -2.60. The van der Waals surface area contributed by atoms with Gasteiger partial charge < -0.3 is 4.90 Å². The summed E-state index contributed by atoms with van der Waals surface area (Å²) in [6.45, 7) is 7.68. The van der Waals surface area contributed by atoms with Gasteiger partial charge in [0.15, 0.2) is 0 Å². The largest absolute Gasteiger partial charge is 0.330 e. The summed E-state index contributed by atoms with van der Waals surface area (Å²) in [7, 11) is 0. The van der Waals surface area contributed by atoms with Crippen LogP contribution in [0.25, 0.3) is 0 Å². The zero-order valence-corrected chi connectivity index (χ0v) is 17.4. The van der Waals surface area contributed by atoms with Crippen LogP contribution in [0.4, 0.5) is 0 Å². The van der Waals surface area contributed by atoms with Crippen molar-refractivity contribution in [1.82, 2.24) is 20.0 Å². The number of aromatic amines is 1. The average Bonchev–Trinajstić information content (AvgIpc) is 3.15. The number of hydrogen-bond donors (Lipinski definition) is 1. The first-order valence-electron chi connectivity index (χ1n) is 11.4. The monoisotopic (exact) mass is 382 g/mol. The van der Waals surface area contributed by atoms with Gasteiger partial charge in [-0.1, -0.05) is 31.9 Å². The summed E-state index contributed by atoms with van der Waals surface area (Å²) in [5.74, 6) is 1.99. The third-order valence-corrected chi connectivity index (χ3v) is 7.40. The van der Waals surface area contributed by atoms with E-state index in [1.807, 2.05) is 6.07 Å². The normalized spacial score (nSPS) is 32.7. The van der Waals surface area contributed by atoms with Gasteiger partial charge in [0.05, 0.1) is 6.04 Å². The molecule has 4 atom stereocenters. The number of hydrogen-bond acceptors (Lipinski definition) is 3. The standard InChI is InChI=1S/C23H34N4O/c1-15(2)10-19-13-20(25-24-19)23(28)27-9-5-6-16-11-17-12-18(22(16)27)14-26-8-4-3-7-21(17)26/h11,13,15,17-18,21-22H,3-10,12,14H2,1-2H3,(H,24,25)/t17-,18-,21+,22+/m0/s1. The van der Waals surface area contributed by atoms with Crippen LogP contribution in [0.15, 0.2) is 17.7 Å². The van der Waals surface area contributed by atoms with Crippen LogP contribution in [0.2, 0.25) is 0 Å². The Bertz CT molecular complexity index is 766. The maximum atomic E-state index is 13.4. The zero-order valence-electron chi connectivity index (χ0n) is 17.4. The number of piperidine rings is 3. The maximum Gasteiger partial charge on any atom is 0.274 e. The number of H-pyrrole nitrogens is 1. The van der Waals surface area contributed by atoms with Gasteiger partial charge in [-0.25, -0.2) is 0 Å². The molecule has 1 aromatic rings. The molecule has 5 nitrogen and oxygen atoms in total. The predicted octanol–water partition coefficient (Wildman–Crippen LogP) is 3.64. The zero-order chi connectivity index (χ0) is 19.3. The van der Waals surface area contributed by atoms with Gasteiger partial charge in [-0.3, -0.25) is 14.8 Å². The Labute approximate surface area is 168 Å². The van der Waals surface area contributed by atoms with Crippen LogP contribution in [0.1, 0.15) is 68.6 Å². The van der Waals surface area contributed by atoms with Crippen LogP contribution < -0.4 is 0 Å². The van der Waals surface area contributed by atoms with Crippen LogP contribution in [-0.2, 0) is 6.42 Å². The quantitative estimate of drug-likeness (QED) is 0.812. The van der Waals surface area contributed by atoms with Crippen molar-refractivity contribution >= 4 is 5.91 Å². The number of amides is 1. The van der Waals surface area contributed by atoms with E-state index in [0.29, 0.717) is 29.5 Å². The molecular formula is C23H34N4O. The third-order valence-electron chi connectivity index (χ3n) is 7.40. The minimum atomic E-state index is 0.126. The molecule has 4 heterocycles. The second-order valence-corrected chi connectivity index (χ2v) is 9.88. The lowest BCUT2D eigenvalue weighted by atomic mass is 9.68. The summed E-state index contributed by atoms with van der Waals surface area (Å²) in [6.07, 6.45) is 11.1. The second kappa shape index (κ2) is 7.33. The number of rotatable bonds is 3. The van der Waals surface area contributed by atoms with E-state index in [0.717, 1.165) is 31.1 Å². The SMILES string of the molecule is CC(C)Cc1cc(C(=O)N2CCCC3=C[C@H]4C[C@@H](CN5CCCC[C@H]45)[C@@H]32)n[nH]1. The predicted molar refractivity (Wildman–Crippen MR) is 110 cm³/mol. The molecule has 1 amide bonds. The topological polar surface area (TPSA) is 52.2 Å². The number of nitrogens with zero attached hydrogens (tertiary/aromatic N) is 3. The van der Waals surface area contributed by atoms with Crippen LogP contribution in [0.3, 0.4) is 0 Å². The molecule has 1 aromatic heterocycles. The molecule has 4 aliphatic rings. The highest BCUT2D eigenvalue weighted by Gasteiger charge is 2.47. The highest BCUT2D eigenvalue weighted by molar-refractivity contribution is 5.93. The molecule has 0 spiro atoms. The molecule has 0 aromatic carbocycles. The third kappa shape index (κ3) is 3.22. The number of carbonyl (C=O) groups excluding carboxylic acids is 1. The molecule has 3 fully saturated rings. The summed E-state index contributed by atoms with van der Waals surface area (Å²) in [4.78, 5) is 18.3. The van der Waals surface area contributed by atoms with Crippen LogP contribution in [0, 0.1) is 17.8 Å². The molecular weight excluding hydrogens is 348 g/mol. The fourth-order valence-electron chi connectivity index (χ4n) is 6.36. The smallest absolute Gasteiger partial charge is 0.274 e. The Morgan fingerprint density at radius 2 is 2.18 bits per heavy atom. The molecule has 1 N–H and O–H groups in total. The van der Waals surface area contributed by atoms with Gasteiger partial charge in [-0.2, -0.15) is 5.10 Å². The highest BCUT2D eigenvalue weighted by atomic mass is 16.2. The first-order chi connectivity index (χ1) is 13.6. The molecule has 5 rings (SSSR count). The Morgan fingerprint density at radius 1 is 1.29 bits per heavy atom. The van der Waals surface area contributed by atoms with E-state index in [2.05, 4.69) is 39.9 Å². The maximum absolute atomic E-state index is 13.4. The Morgan fingerprint density at radius 3 is 3.04 bits per heavy atom. The molecule has 0 radical (unpaired) electrons. The summed E-state index contributed by atoms with van der Waals surface area (Å²) in [6, 6.07) is 3.04. The van der Waals surface area contributed by atoms with E-state index in [1.54, 1.807) is 5.57 Å². The van der Waals surface area contributed by atoms with Gasteiger partial charge in [0.2, 0.25) is 0 Å². The summed E-state index contributed by atoms with van der Waals surface area (Å²) in [5.41, 5.74) is 3.22. The van der Waals surface area contributed by atoms with Gasteiger partial charge in [0.25, 0.3) is 5.91 Å². The van der Waals surface area contributed by atoms with E-state index in [-0.39, 0.29) is 5.91 Å². The van der Waals surface area contributed by atoms with Crippen molar-refractivity contribution in [2.24, 2.45) is 17.8 Å². The lowest BCUT2D eigenvalue weighted by molar-refractivity contribution is 0.00131. The van der Waals surface area contributed by atoms with Gasteiger partial charge in [0.1, 0.15) is 5.69 Å². The van der Waals surface area contributed by atoms with Crippen molar-refractivity contribution in [3.8, 4) is 0 Å². The fraction of sp³-hybridized carbons (Fsp3) is 0.739. The van der Waals surface area contributed by atoms with Crippen molar-refractivity contribution in [1.29, 1.82) is 0 Å². The van der Waals surface area contributed by atoms with Gasteiger partial charge in [-0.05, 0) is 68.9 Å². The number of carbonyl (C=O) groups is 1. The summed E-state index contributed by atoms with van der Waals surface area (Å²) < 4.78 is 0. The molecule has 3 aliphatic heterocycles. The van der Waals surface area contributed by atoms with Gasteiger partial charge >= 0.3 is 0 Å². The summed E-state index contributed by atoms with van der Waals surface area (Å²) in [5, 5.41) is 7.47. The molecule has 152 valence electrons. The van der Waals surface area contributed by atoms with Crippen LogP contribution in [0.5, 0.6) is 0 Å². The fourth-order valence-corrected chi connectivity index (χ4v) is 6.36. The number of aromatic nitrogens is 2. The highest BCUT2D eigenvalue weighted by Crippen LogP contribution is 2.45. The average molecular weight is 383 g/mol. The second-order valence-electron chi connectivity index (χ2n) is 9.88. The Hall–Kier alpha value is -1.62. The van der Waals surface area contributed by atoms with E-state index in [9.17, 15) is 4.79 Å². The number of nitrogens with one attached hydrogen (secondary N) is 1. The summed E-state index contributed by atoms with van der Waals surface area (Å²) >= 11 is 0.